The monoisotopic (exact) mass is 335 g/mol. The van der Waals surface area contributed by atoms with Gasteiger partial charge in [0, 0.05) is 6.54 Å². The van der Waals surface area contributed by atoms with Crippen molar-refractivity contribution in [3.8, 4) is 0 Å². The first-order valence-corrected chi connectivity index (χ1v) is 8.86. The Balaban J connectivity index is 2.12. The summed E-state index contributed by atoms with van der Waals surface area (Å²) in [4.78, 5) is -0.304. The summed E-state index contributed by atoms with van der Waals surface area (Å²) in [6, 6.07) is 3.17. The van der Waals surface area contributed by atoms with Crippen molar-refractivity contribution in [3.05, 3.63) is 29.0 Å². The first-order chi connectivity index (χ1) is 9.82. The topological polar surface area (TPSA) is 66.4 Å². The maximum absolute atomic E-state index is 13.2. The van der Waals surface area contributed by atoms with Crippen molar-refractivity contribution in [2.75, 3.05) is 6.54 Å². The van der Waals surface area contributed by atoms with Crippen molar-refractivity contribution < 1.29 is 17.9 Å². The predicted octanol–water partition coefficient (Wildman–Crippen LogP) is 2.84. The molecule has 4 nitrogen and oxygen atoms in total. The van der Waals surface area contributed by atoms with Crippen molar-refractivity contribution >= 4 is 21.6 Å². The summed E-state index contributed by atoms with van der Waals surface area (Å²) in [6.45, 7) is -0.0812. The lowest BCUT2D eigenvalue weighted by molar-refractivity contribution is 0.0303. The van der Waals surface area contributed by atoms with Gasteiger partial charge >= 0.3 is 0 Å². The Kier molecular flexibility index (Phi) is 5.24. The highest BCUT2D eigenvalue weighted by atomic mass is 35.5. The van der Waals surface area contributed by atoms with E-state index in [0.29, 0.717) is 12.8 Å². The van der Waals surface area contributed by atoms with Crippen molar-refractivity contribution in [2.45, 2.75) is 49.0 Å². The Morgan fingerprint density at radius 3 is 2.48 bits per heavy atom. The Labute approximate surface area is 129 Å². The number of nitrogens with one attached hydrogen (secondary N) is 1. The van der Waals surface area contributed by atoms with Crippen molar-refractivity contribution in [2.24, 2.45) is 0 Å². The molecule has 1 aromatic rings. The Morgan fingerprint density at radius 1 is 1.24 bits per heavy atom. The standard InChI is InChI=1S/C14H19ClFNO3S/c15-12-6-5-11(16)9-13(12)21(19,20)17-10-14(18)7-3-1-2-4-8-14/h5-6,9,17-18H,1-4,7-8,10H2. The van der Waals surface area contributed by atoms with Crippen molar-refractivity contribution in [3.63, 3.8) is 0 Å². The lowest BCUT2D eigenvalue weighted by Gasteiger charge is -2.26. The maximum atomic E-state index is 13.2. The predicted molar refractivity (Wildman–Crippen MR) is 79.3 cm³/mol. The van der Waals surface area contributed by atoms with Crippen LogP contribution in [0.2, 0.25) is 5.02 Å². The molecule has 1 saturated carbocycles. The number of benzene rings is 1. The Bertz CT molecular complexity index is 598. The largest absolute Gasteiger partial charge is 0.389 e. The summed E-state index contributed by atoms with van der Waals surface area (Å²) < 4.78 is 40.0. The lowest BCUT2D eigenvalue weighted by Crippen LogP contribution is -2.42. The zero-order chi connectivity index (χ0) is 15.5. The van der Waals surface area contributed by atoms with Gasteiger partial charge in [-0.15, -0.1) is 0 Å². The number of sulfonamides is 1. The molecule has 0 unspecified atom stereocenters. The Morgan fingerprint density at radius 2 is 1.86 bits per heavy atom. The summed E-state index contributed by atoms with van der Waals surface area (Å²) in [5.41, 5.74) is -1.04. The highest BCUT2D eigenvalue weighted by molar-refractivity contribution is 7.89. The quantitative estimate of drug-likeness (QED) is 0.831. The molecule has 1 fully saturated rings. The van der Waals surface area contributed by atoms with Crippen LogP contribution in [0.4, 0.5) is 4.39 Å². The summed E-state index contributed by atoms with van der Waals surface area (Å²) in [7, 11) is -3.94. The van der Waals surface area contributed by atoms with Crippen LogP contribution < -0.4 is 4.72 Å². The van der Waals surface area contributed by atoms with Crippen LogP contribution in [-0.2, 0) is 10.0 Å². The maximum Gasteiger partial charge on any atom is 0.242 e. The number of rotatable bonds is 4. The van der Waals surface area contributed by atoms with Crippen LogP contribution in [0.25, 0.3) is 0 Å². The van der Waals surface area contributed by atoms with Gasteiger partial charge in [-0.25, -0.2) is 17.5 Å². The van der Waals surface area contributed by atoms with Gasteiger partial charge in [0.1, 0.15) is 10.7 Å². The first-order valence-electron chi connectivity index (χ1n) is 7.00. The van der Waals surface area contributed by atoms with Gasteiger partial charge in [0.05, 0.1) is 10.6 Å². The zero-order valence-corrected chi connectivity index (χ0v) is 13.2. The molecule has 21 heavy (non-hydrogen) atoms. The molecule has 2 N–H and O–H groups in total. The molecule has 0 heterocycles. The average Bonchev–Trinajstić information content (AvgIpc) is 2.65. The van der Waals surface area contributed by atoms with Crippen LogP contribution in [-0.4, -0.2) is 25.7 Å². The second kappa shape index (κ2) is 6.60. The number of halogens is 2. The molecule has 0 atom stereocenters. The fraction of sp³-hybridized carbons (Fsp3) is 0.571. The Hall–Kier alpha value is -0.690. The molecule has 0 amide bonds. The van der Waals surface area contributed by atoms with Gasteiger partial charge < -0.3 is 5.11 Å². The fourth-order valence-corrected chi connectivity index (χ4v) is 4.18. The number of aliphatic hydroxyl groups is 1. The van der Waals surface area contributed by atoms with Crippen LogP contribution in [0.3, 0.4) is 0 Å². The van der Waals surface area contributed by atoms with E-state index in [-0.39, 0.29) is 16.5 Å². The molecular weight excluding hydrogens is 317 g/mol. The summed E-state index contributed by atoms with van der Waals surface area (Å²) >= 11 is 5.81. The van der Waals surface area contributed by atoms with Crippen molar-refractivity contribution in [1.29, 1.82) is 0 Å². The average molecular weight is 336 g/mol. The minimum absolute atomic E-state index is 0.0447. The molecule has 0 aliphatic heterocycles. The fourth-order valence-electron chi connectivity index (χ4n) is 2.55. The first kappa shape index (κ1) is 16.7. The third kappa shape index (κ3) is 4.39. The molecule has 0 bridgehead atoms. The van der Waals surface area contributed by atoms with Crippen LogP contribution in [0.5, 0.6) is 0 Å². The van der Waals surface area contributed by atoms with Crippen LogP contribution >= 0.6 is 11.6 Å². The highest BCUT2D eigenvalue weighted by Gasteiger charge is 2.30. The molecule has 1 aliphatic rings. The number of hydrogen-bond acceptors (Lipinski definition) is 3. The van der Waals surface area contributed by atoms with E-state index in [1.807, 2.05) is 0 Å². The van der Waals surface area contributed by atoms with Gasteiger partial charge in [-0.1, -0.05) is 37.3 Å². The van der Waals surface area contributed by atoms with E-state index in [1.165, 1.54) is 6.07 Å². The van der Waals surface area contributed by atoms with E-state index >= 15 is 0 Å². The van der Waals surface area contributed by atoms with E-state index in [9.17, 15) is 17.9 Å². The highest BCUT2D eigenvalue weighted by Crippen LogP contribution is 2.27. The summed E-state index contributed by atoms with van der Waals surface area (Å²) in [5, 5.41) is 10.4. The zero-order valence-electron chi connectivity index (χ0n) is 11.6. The third-order valence-electron chi connectivity index (χ3n) is 3.81. The number of hydrogen-bond donors (Lipinski definition) is 2. The van der Waals surface area contributed by atoms with Gasteiger partial charge in [0.2, 0.25) is 10.0 Å². The van der Waals surface area contributed by atoms with E-state index in [1.54, 1.807) is 0 Å². The third-order valence-corrected chi connectivity index (χ3v) is 5.69. The molecule has 0 saturated heterocycles. The second-order valence-corrected chi connectivity index (χ2v) is 7.68. The molecule has 2 rings (SSSR count). The minimum Gasteiger partial charge on any atom is -0.389 e. The molecule has 1 aromatic carbocycles. The normalized spacial score (nSPS) is 19.2. The van der Waals surface area contributed by atoms with Gasteiger partial charge in [0.15, 0.2) is 0 Å². The van der Waals surface area contributed by atoms with E-state index in [2.05, 4.69) is 4.72 Å². The van der Waals surface area contributed by atoms with Gasteiger partial charge in [-0.3, -0.25) is 0 Å². The molecular formula is C14H19ClFNO3S. The minimum atomic E-state index is -3.94. The van der Waals surface area contributed by atoms with Crippen LogP contribution in [0, 0.1) is 5.82 Å². The molecule has 118 valence electrons. The molecule has 1 aliphatic carbocycles. The van der Waals surface area contributed by atoms with Crippen LogP contribution in [0.15, 0.2) is 23.1 Å². The van der Waals surface area contributed by atoms with Gasteiger partial charge in [-0.2, -0.15) is 0 Å². The van der Waals surface area contributed by atoms with E-state index in [0.717, 1.165) is 37.8 Å². The second-order valence-electron chi connectivity index (χ2n) is 5.54. The summed E-state index contributed by atoms with van der Waals surface area (Å²) in [5.74, 6) is -0.673. The van der Waals surface area contributed by atoms with Crippen LogP contribution in [0.1, 0.15) is 38.5 Å². The smallest absolute Gasteiger partial charge is 0.242 e. The molecule has 7 heteroatoms. The molecule has 0 spiro atoms. The molecule has 0 radical (unpaired) electrons. The van der Waals surface area contributed by atoms with Crippen molar-refractivity contribution in [1.82, 2.24) is 4.72 Å². The van der Waals surface area contributed by atoms with E-state index in [4.69, 9.17) is 11.6 Å². The SMILES string of the molecule is O=S(=O)(NCC1(O)CCCCCC1)c1cc(F)ccc1Cl. The van der Waals surface area contributed by atoms with Gasteiger partial charge in [0.25, 0.3) is 0 Å². The van der Waals surface area contributed by atoms with Gasteiger partial charge in [-0.05, 0) is 31.0 Å². The summed E-state index contributed by atoms with van der Waals surface area (Å²) in [6.07, 6.45) is 4.96. The molecule has 0 aromatic heterocycles. The lowest BCUT2D eigenvalue weighted by atomic mass is 9.95. The van der Waals surface area contributed by atoms with E-state index < -0.39 is 21.4 Å².